The van der Waals surface area contributed by atoms with E-state index in [9.17, 15) is 4.79 Å². The molecule has 0 saturated carbocycles. The third-order valence-electron chi connectivity index (χ3n) is 2.40. The number of rotatable bonds is 3. The van der Waals surface area contributed by atoms with Crippen LogP contribution >= 0.6 is 11.8 Å². The monoisotopic (exact) mass is 239 g/mol. The van der Waals surface area contributed by atoms with Crippen molar-refractivity contribution in [2.75, 3.05) is 24.2 Å². The van der Waals surface area contributed by atoms with E-state index in [-0.39, 0.29) is 6.54 Å². The van der Waals surface area contributed by atoms with Gasteiger partial charge < -0.3 is 10.0 Å². The molecule has 0 atom stereocenters. The molecule has 16 heavy (non-hydrogen) atoms. The lowest BCUT2D eigenvalue weighted by Gasteiger charge is -2.18. The van der Waals surface area contributed by atoms with Crippen LogP contribution in [0.4, 0.5) is 5.95 Å². The molecule has 0 spiro atoms. The first-order valence-corrected chi connectivity index (χ1v) is 6.18. The van der Waals surface area contributed by atoms with E-state index in [2.05, 4.69) is 9.97 Å². The maximum atomic E-state index is 10.6. The second kappa shape index (κ2) is 4.69. The molecule has 0 bridgehead atoms. The molecule has 0 aliphatic carbocycles. The van der Waals surface area contributed by atoms with Crippen molar-refractivity contribution in [2.45, 2.75) is 12.2 Å². The van der Waals surface area contributed by atoms with Crippen LogP contribution in [0.5, 0.6) is 0 Å². The van der Waals surface area contributed by atoms with E-state index >= 15 is 0 Å². The molecule has 6 heteroatoms. The van der Waals surface area contributed by atoms with Crippen molar-refractivity contribution >= 4 is 23.7 Å². The first kappa shape index (κ1) is 11.2. The zero-order valence-electron chi connectivity index (χ0n) is 9.01. The largest absolute Gasteiger partial charge is 0.480 e. The molecule has 0 fully saturated rings. The van der Waals surface area contributed by atoms with Gasteiger partial charge in [0.1, 0.15) is 6.54 Å². The molecule has 2 rings (SSSR count). The third kappa shape index (κ3) is 2.44. The summed E-state index contributed by atoms with van der Waals surface area (Å²) in [5.41, 5.74) is 2.23. The van der Waals surface area contributed by atoms with Crippen LogP contribution in [-0.4, -0.2) is 40.4 Å². The minimum Gasteiger partial charge on any atom is -0.480 e. The van der Waals surface area contributed by atoms with E-state index in [0.717, 1.165) is 23.6 Å². The molecule has 0 saturated heterocycles. The number of fused-ring (bicyclic) bond motifs is 1. The fraction of sp³-hybridized carbons (Fsp3) is 0.500. The number of aryl methyl sites for hydroxylation is 1. The maximum Gasteiger partial charge on any atom is 0.323 e. The van der Waals surface area contributed by atoms with Gasteiger partial charge in [-0.3, -0.25) is 4.79 Å². The van der Waals surface area contributed by atoms with Gasteiger partial charge in [-0.05, 0) is 12.2 Å². The molecular weight excluding hydrogens is 226 g/mol. The average molecular weight is 239 g/mol. The number of anilines is 1. The van der Waals surface area contributed by atoms with E-state index in [1.54, 1.807) is 11.9 Å². The third-order valence-corrected chi connectivity index (χ3v) is 3.40. The molecule has 2 heterocycles. The number of nitrogens with zero attached hydrogens (tertiary/aromatic N) is 3. The molecule has 1 aliphatic heterocycles. The Hall–Kier alpha value is -1.30. The number of carboxylic acid groups (broad SMARTS) is 1. The van der Waals surface area contributed by atoms with Crippen LogP contribution < -0.4 is 4.90 Å². The fourth-order valence-corrected chi connectivity index (χ4v) is 2.52. The summed E-state index contributed by atoms with van der Waals surface area (Å²) < 4.78 is 0. The van der Waals surface area contributed by atoms with Crippen LogP contribution in [0.25, 0.3) is 0 Å². The lowest BCUT2D eigenvalue weighted by atomic mass is 10.2. The Kier molecular flexibility index (Phi) is 3.28. The van der Waals surface area contributed by atoms with Gasteiger partial charge in [-0.1, -0.05) is 0 Å². The van der Waals surface area contributed by atoms with E-state index in [0.29, 0.717) is 5.95 Å². The smallest absolute Gasteiger partial charge is 0.323 e. The van der Waals surface area contributed by atoms with Gasteiger partial charge in [-0.2, -0.15) is 11.8 Å². The highest BCUT2D eigenvalue weighted by Crippen LogP contribution is 2.23. The van der Waals surface area contributed by atoms with E-state index in [1.807, 2.05) is 18.0 Å². The van der Waals surface area contributed by atoms with Gasteiger partial charge in [-0.25, -0.2) is 9.97 Å². The lowest BCUT2D eigenvalue weighted by molar-refractivity contribution is -0.135. The maximum absolute atomic E-state index is 10.6. The molecule has 1 aromatic rings. The Bertz CT molecular complexity index is 411. The summed E-state index contributed by atoms with van der Waals surface area (Å²) in [6.07, 6.45) is 2.75. The van der Waals surface area contributed by atoms with Gasteiger partial charge in [-0.15, -0.1) is 0 Å². The molecule has 86 valence electrons. The van der Waals surface area contributed by atoms with Crippen molar-refractivity contribution in [3.63, 3.8) is 0 Å². The van der Waals surface area contributed by atoms with Gasteiger partial charge in [0.05, 0.1) is 5.69 Å². The van der Waals surface area contributed by atoms with Crippen molar-refractivity contribution in [1.29, 1.82) is 0 Å². The average Bonchev–Trinajstić information content (AvgIpc) is 2.27. The summed E-state index contributed by atoms with van der Waals surface area (Å²) in [5, 5.41) is 8.68. The molecule has 0 unspecified atom stereocenters. The standard InChI is InChI=1S/C10H13N3O2S/c1-13(5-9(14)15)10-11-4-7-6-16-3-2-8(7)12-10/h4H,2-3,5-6H2,1H3,(H,14,15). The van der Waals surface area contributed by atoms with Crippen LogP contribution in [0, 0.1) is 0 Å². The molecule has 0 radical (unpaired) electrons. The van der Waals surface area contributed by atoms with Crippen LogP contribution in [0.15, 0.2) is 6.20 Å². The second-order valence-corrected chi connectivity index (χ2v) is 4.80. The zero-order valence-corrected chi connectivity index (χ0v) is 9.83. The molecular formula is C10H13N3O2S. The van der Waals surface area contributed by atoms with Gasteiger partial charge >= 0.3 is 5.97 Å². The summed E-state index contributed by atoms with van der Waals surface area (Å²) in [6.45, 7) is -0.0759. The predicted octanol–water partition coefficient (Wildman–Crippen LogP) is 0.787. The summed E-state index contributed by atoms with van der Waals surface area (Å²) in [6, 6.07) is 0. The van der Waals surface area contributed by atoms with Gasteiger partial charge in [0, 0.05) is 24.6 Å². The first-order chi connectivity index (χ1) is 7.66. The number of aromatic nitrogens is 2. The van der Waals surface area contributed by atoms with Crippen LogP contribution in [-0.2, 0) is 17.0 Å². The van der Waals surface area contributed by atoms with Crippen molar-refractivity contribution < 1.29 is 9.90 Å². The van der Waals surface area contributed by atoms with Gasteiger partial charge in [0.15, 0.2) is 0 Å². The Morgan fingerprint density at radius 2 is 2.50 bits per heavy atom. The van der Waals surface area contributed by atoms with E-state index < -0.39 is 5.97 Å². The number of carbonyl (C=O) groups is 1. The zero-order chi connectivity index (χ0) is 11.5. The van der Waals surface area contributed by atoms with Crippen molar-refractivity contribution in [3.05, 3.63) is 17.5 Å². The van der Waals surface area contributed by atoms with Crippen LogP contribution in [0.1, 0.15) is 11.3 Å². The molecule has 0 amide bonds. The summed E-state index contributed by atoms with van der Waals surface area (Å²) in [7, 11) is 1.69. The Morgan fingerprint density at radius 3 is 3.25 bits per heavy atom. The topological polar surface area (TPSA) is 66.3 Å². The normalized spacial score (nSPS) is 14.3. The molecule has 0 aromatic carbocycles. The number of thioether (sulfide) groups is 1. The molecule has 5 nitrogen and oxygen atoms in total. The minimum atomic E-state index is -0.876. The van der Waals surface area contributed by atoms with E-state index in [4.69, 9.17) is 5.11 Å². The van der Waals surface area contributed by atoms with Gasteiger partial charge in [0.2, 0.25) is 5.95 Å². The summed E-state index contributed by atoms with van der Waals surface area (Å²) in [4.78, 5) is 20.7. The fourth-order valence-electron chi connectivity index (χ4n) is 1.58. The quantitative estimate of drug-likeness (QED) is 0.841. The van der Waals surface area contributed by atoms with Gasteiger partial charge in [0.25, 0.3) is 0 Å². The van der Waals surface area contributed by atoms with Crippen molar-refractivity contribution in [2.24, 2.45) is 0 Å². The van der Waals surface area contributed by atoms with Crippen molar-refractivity contribution in [1.82, 2.24) is 9.97 Å². The van der Waals surface area contributed by atoms with Crippen LogP contribution in [0.2, 0.25) is 0 Å². The SMILES string of the molecule is CN(CC(=O)O)c1ncc2c(n1)CCSC2. The Balaban J connectivity index is 2.19. The predicted molar refractivity (Wildman–Crippen MR) is 62.8 cm³/mol. The molecule has 1 aliphatic rings. The molecule has 1 aromatic heterocycles. The van der Waals surface area contributed by atoms with Crippen molar-refractivity contribution in [3.8, 4) is 0 Å². The highest BCUT2D eigenvalue weighted by atomic mass is 32.2. The lowest BCUT2D eigenvalue weighted by Crippen LogP contribution is -2.27. The highest BCUT2D eigenvalue weighted by Gasteiger charge is 2.14. The highest BCUT2D eigenvalue weighted by molar-refractivity contribution is 7.98. The number of hydrogen-bond acceptors (Lipinski definition) is 5. The van der Waals surface area contributed by atoms with Crippen LogP contribution in [0.3, 0.4) is 0 Å². The minimum absolute atomic E-state index is 0.0759. The van der Waals surface area contributed by atoms with E-state index in [1.165, 1.54) is 5.56 Å². The first-order valence-electron chi connectivity index (χ1n) is 5.02. The number of aliphatic carboxylic acids is 1. The molecule has 1 N–H and O–H groups in total. The number of hydrogen-bond donors (Lipinski definition) is 1. The summed E-state index contributed by atoms with van der Waals surface area (Å²) >= 11 is 1.87. The number of likely N-dealkylation sites (N-methyl/N-ethyl adjacent to an activating group) is 1. The second-order valence-electron chi connectivity index (χ2n) is 3.69. The Morgan fingerprint density at radius 1 is 1.69 bits per heavy atom. The number of carboxylic acids is 1. The summed E-state index contributed by atoms with van der Waals surface area (Å²) in [5.74, 6) is 1.65. The Labute approximate surface area is 97.9 Å².